The van der Waals surface area contributed by atoms with Gasteiger partial charge in [-0.25, -0.2) is 15.1 Å². The average Bonchev–Trinajstić information content (AvgIpc) is 2.82. The monoisotopic (exact) mass is 518 g/mol. The smallest absolute Gasteiger partial charge is 0.339 e. The predicted octanol–water partition coefficient (Wildman–Crippen LogP) is 3.54. The fourth-order valence-corrected chi connectivity index (χ4v) is 4.78. The maximum Gasteiger partial charge on any atom is 0.422 e. The minimum absolute atomic E-state index is 0.0459. The molecule has 2 aliphatic rings. The van der Waals surface area contributed by atoms with Crippen molar-refractivity contribution in [2.75, 3.05) is 31.1 Å². The molecule has 1 aliphatic carbocycles. The number of aromatic amines is 1. The van der Waals surface area contributed by atoms with Crippen LogP contribution in [-0.4, -0.2) is 57.2 Å². The zero-order chi connectivity index (χ0) is 26.1. The van der Waals surface area contributed by atoms with Crippen molar-refractivity contribution >= 4 is 11.9 Å². The number of fused-ring (bicyclic) bond motifs is 1. The van der Waals surface area contributed by atoms with Crippen LogP contribution >= 0.6 is 0 Å². The van der Waals surface area contributed by atoms with Crippen molar-refractivity contribution < 1.29 is 31.1 Å². The summed E-state index contributed by atoms with van der Waals surface area (Å²) in [7, 11) is 0. The molecule has 1 amide bonds. The Labute approximate surface area is 201 Å². The van der Waals surface area contributed by atoms with E-state index in [1.54, 1.807) is 9.80 Å². The highest BCUT2D eigenvalue weighted by Gasteiger charge is 2.40. The molecule has 0 saturated carbocycles. The van der Waals surface area contributed by atoms with E-state index in [9.17, 15) is 35.9 Å². The van der Waals surface area contributed by atoms with Gasteiger partial charge < -0.3 is 9.80 Å². The predicted molar refractivity (Wildman–Crippen MR) is 115 cm³/mol. The molecule has 1 fully saturated rings. The third kappa shape index (κ3) is 5.62. The lowest BCUT2D eigenvalue weighted by Crippen LogP contribution is -2.49. The minimum Gasteiger partial charge on any atom is -0.339 e. The number of H-pyrrole nitrogens is 1. The SMILES string of the molecule is O=C(CCC[C@@H]1CCCc2c1n[nH]c(=O)c2C(F)(F)F)N1CCN(c2ncc(C(F)(F)F)cn2)CC1. The van der Waals surface area contributed by atoms with Gasteiger partial charge in [0.15, 0.2) is 0 Å². The molecule has 1 saturated heterocycles. The van der Waals surface area contributed by atoms with E-state index < -0.39 is 29.0 Å². The third-order valence-electron chi connectivity index (χ3n) is 6.59. The molecule has 1 N–H and O–H groups in total. The number of anilines is 1. The number of nitrogens with zero attached hydrogens (tertiary/aromatic N) is 5. The number of hydrogen-bond donors (Lipinski definition) is 1. The molecule has 0 bridgehead atoms. The summed E-state index contributed by atoms with van der Waals surface area (Å²) >= 11 is 0. The number of rotatable bonds is 5. The van der Waals surface area contributed by atoms with E-state index in [2.05, 4.69) is 15.1 Å². The molecule has 36 heavy (non-hydrogen) atoms. The molecular weight excluding hydrogens is 494 g/mol. The number of carbonyl (C=O) groups excluding carboxylic acids is 1. The second kappa shape index (κ2) is 10.1. The Morgan fingerprint density at radius 3 is 2.31 bits per heavy atom. The summed E-state index contributed by atoms with van der Waals surface area (Å²) in [5.74, 6) is -0.215. The normalized spacial score (nSPS) is 18.8. The standard InChI is InChI=1S/C22H24F6N6O2/c23-21(24,25)14-11-29-20(30-12-14)34-9-7-33(8-10-34)16(35)6-2-4-13-3-1-5-15-17(22(26,27)28)19(36)32-31-18(13)15/h11-13H,1-10H2,(H,32,36)/t13-/m0/s1. The first-order chi connectivity index (χ1) is 16.9. The Morgan fingerprint density at radius 1 is 1.03 bits per heavy atom. The van der Waals surface area contributed by atoms with Crippen molar-refractivity contribution in [3.8, 4) is 0 Å². The number of nitrogens with one attached hydrogen (secondary N) is 1. The van der Waals surface area contributed by atoms with Crippen LogP contribution in [0.2, 0.25) is 0 Å². The van der Waals surface area contributed by atoms with Crippen LogP contribution in [0, 0.1) is 0 Å². The van der Waals surface area contributed by atoms with Crippen molar-refractivity contribution in [3.05, 3.63) is 45.1 Å². The van der Waals surface area contributed by atoms with Crippen molar-refractivity contribution in [3.63, 3.8) is 0 Å². The molecule has 1 atom stereocenters. The van der Waals surface area contributed by atoms with Gasteiger partial charge in [0.1, 0.15) is 5.56 Å². The van der Waals surface area contributed by atoms with Crippen LogP contribution in [-0.2, 0) is 23.6 Å². The van der Waals surface area contributed by atoms with Gasteiger partial charge in [0, 0.05) is 50.9 Å². The summed E-state index contributed by atoms with van der Waals surface area (Å²) in [5, 5.41) is 5.88. The maximum atomic E-state index is 13.4. The van der Waals surface area contributed by atoms with Crippen molar-refractivity contribution in [1.82, 2.24) is 25.1 Å². The van der Waals surface area contributed by atoms with Gasteiger partial charge in [-0.15, -0.1) is 0 Å². The molecular formula is C22H24F6N6O2. The molecule has 14 heteroatoms. The molecule has 3 heterocycles. The molecule has 1 aliphatic heterocycles. The minimum atomic E-state index is -4.76. The van der Waals surface area contributed by atoms with Crippen LogP contribution in [0.1, 0.15) is 60.4 Å². The van der Waals surface area contributed by atoms with Gasteiger partial charge in [0.25, 0.3) is 5.56 Å². The van der Waals surface area contributed by atoms with Gasteiger partial charge in [-0.3, -0.25) is 9.59 Å². The third-order valence-corrected chi connectivity index (χ3v) is 6.59. The molecule has 4 rings (SSSR count). The Hall–Kier alpha value is -3.19. The molecule has 0 aromatic carbocycles. The van der Waals surface area contributed by atoms with Crippen molar-refractivity contribution in [2.45, 2.75) is 56.8 Å². The summed E-state index contributed by atoms with van der Waals surface area (Å²) in [5.41, 5.74) is -3.14. The van der Waals surface area contributed by atoms with Crippen LogP contribution in [0.25, 0.3) is 0 Å². The van der Waals surface area contributed by atoms with Crippen molar-refractivity contribution in [1.29, 1.82) is 0 Å². The number of halogens is 6. The molecule has 0 radical (unpaired) electrons. The lowest BCUT2D eigenvalue weighted by atomic mass is 9.82. The summed E-state index contributed by atoms with van der Waals surface area (Å²) in [6, 6.07) is 0. The first kappa shape index (κ1) is 25.9. The summed E-state index contributed by atoms with van der Waals surface area (Å²) in [6.07, 6.45) is -5.42. The average molecular weight is 518 g/mol. The maximum absolute atomic E-state index is 13.4. The van der Waals surface area contributed by atoms with Gasteiger partial charge in [-0.2, -0.15) is 31.4 Å². The lowest BCUT2D eigenvalue weighted by molar-refractivity contribution is -0.140. The molecule has 2 aromatic heterocycles. The second-order valence-corrected chi connectivity index (χ2v) is 8.91. The number of hydrogen-bond acceptors (Lipinski definition) is 6. The molecule has 8 nitrogen and oxygen atoms in total. The molecule has 196 valence electrons. The number of amides is 1. The quantitative estimate of drug-likeness (QED) is 0.609. The number of carbonyl (C=O) groups is 1. The van der Waals surface area contributed by atoms with E-state index in [0.29, 0.717) is 51.9 Å². The Morgan fingerprint density at radius 2 is 1.69 bits per heavy atom. The van der Waals surface area contributed by atoms with Gasteiger partial charge in [0.2, 0.25) is 11.9 Å². The highest BCUT2D eigenvalue weighted by molar-refractivity contribution is 5.76. The highest BCUT2D eigenvalue weighted by Crippen LogP contribution is 2.39. The van der Waals surface area contributed by atoms with E-state index in [0.717, 1.165) is 12.4 Å². The lowest BCUT2D eigenvalue weighted by Gasteiger charge is -2.35. The summed E-state index contributed by atoms with van der Waals surface area (Å²) in [6.45, 7) is 1.44. The summed E-state index contributed by atoms with van der Waals surface area (Å²) in [4.78, 5) is 35.3. The summed E-state index contributed by atoms with van der Waals surface area (Å²) < 4.78 is 78.1. The first-order valence-corrected chi connectivity index (χ1v) is 11.6. The van der Waals surface area contributed by atoms with E-state index in [1.807, 2.05) is 5.10 Å². The van der Waals surface area contributed by atoms with Crippen LogP contribution in [0.5, 0.6) is 0 Å². The molecule has 0 spiro atoms. The fraction of sp³-hybridized carbons (Fsp3) is 0.591. The molecule has 0 unspecified atom stereocenters. The van der Waals surface area contributed by atoms with E-state index >= 15 is 0 Å². The van der Waals surface area contributed by atoms with Gasteiger partial charge in [-0.1, -0.05) is 0 Å². The Bertz CT molecular complexity index is 1140. The topological polar surface area (TPSA) is 95.1 Å². The van der Waals surface area contributed by atoms with Gasteiger partial charge >= 0.3 is 12.4 Å². The van der Waals surface area contributed by atoms with Gasteiger partial charge in [0.05, 0.1) is 11.3 Å². The zero-order valence-corrected chi connectivity index (χ0v) is 19.1. The first-order valence-electron chi connectivity index (χ1n) is 11.6. The Kier molecular flexibility index (Phi) is 7.23. The van der Waals surface area contributed by atoms with Crippen molar-refractivity contribution in [2.24, 2.45) is 0 Å². The van der Waals surface area contributed by atoms with Gasteiger partial charge in [-0.05, 0) is 37.7 Å². The van der Waals surface area contributed by atoms with E-state index in [1.165, 1.54) is 0 Å². The number of aromatic nitrogens is 4. The largest absolute Gasteiger partial charge is 0.422 e. The van der Waals surface area contributed by atoms with E-state index in [-0.39, 0.29) is 41.9 Å². The molecule has 2 aromatic rings. The van der Waals surface area contributed by atoms with Crippen LogP contribution in [0.3, 0.4) is 0 Å². The van der Waals surface area contributed by atoms with Crippen LogP contribution in [0.15, 0.2) is 17.2 Å². The number of piperazine rings is 1. The zero-order valence-electron chi connectivity index (χ0n) is 19.1. The fourth-order valence-electron chi connectivity index (χ4n) is 4.78. The highest BCUT2D eigenvalue weighted by atomic mass is 19.4. The number of alkyl halides is 6. The second-order valence-electron chi connectivity index (χ2n) is 8.91. The van der Waals surface area contributed by atoms with Crippen LogP contribution in [0.4, 0.5) is 32.3 Å². The Balaban J connectivity index is 1.29. The van der Waals surface area contributed by atoms with Crippen LogP contribution < -0.4 is 10.5 Å². The van der Waals surface area contributed by atoms with E-state index in [4.69, 9.17) is 0 Å².